The molecule has 0 saturated heterocycles. The molecule has 1 rings (SSSR count). The van der Waals surface area contributed by atoms with Crippen molar-refractivity contribution in [1.82, 2.24) is 0 Å². The second kappa shape index (κ2) is 7.60. The molecule has 19 heavy (non-hydrogen) atoms. The lowest BCUT2D eigenvalue weighted by Crippen LogP contribution is -2.29. The van der Waals surface area contributed by atoms with Crippen LogP contribution in [0.15, 0.2) is 18.2 Å². The third kappa shape index (κ3) is 4.28. The van der Waals surface area contributed by atoms with Crippen LogP contribution in [-0.2, 0) is 5.88 Å². The second-order valence-electron chi connectivity index (χ2n) is 4.46. The highest BCUT2D eigenvalue weighted by molar-refractivity contribution is 7.98. The van der Waals surface area contributed by atoms with Crippen LogP contribution in [0.3, 0.4) is 0 Å². The topological polar surface area (TPSA) is 46.4 Å². The molecule has 0 fully saturated rings. The summed E-state index contributed by atoms with van der Waals surface area (Å²) in [6.07, 6.45) is 3.05. The van der Waals surface area contributed by atoms with E-state index in [2.05, 4.69) is 13.2 Å². The number of nitro groups is 1. The van der Waals surface area contributed by atoms with Crippen molar-refractivity contribution in [2.75, 3.05) is 24.0 Å². The average Bonchev–Trinajstić information content (AvgIpc) is 2.43. The fraction of sp³-hybridized carbons (Fsp3) is 0.538. The summed E-state index contributed by atoms with van der Waals surface area (Å²) in [5.41, 5.74) is 1.53. The van der Waals surface area contributed by atoms with Gasteiger partial charge < -0.3 is 4.90 Å². The number of thioether (sulfide) groups is 1. The normalized spacial score (nSPS) is 12.2. The minimum Gasteiger partial charge on any atom is -0.366 e. The first-order valence-corrected chi connectivity index (χ1v) is 7.99. The first kappa shape index (κ1) is 16.1. The summed E-state index contributed by atoms with van der Waals surface area (Å²) in [7, 11) is 1.90. The molecule has 0 aromatic heterocycles. The molecule has 0 aliphatic carbocycles. The Bertz CT molecular complexity index is 443. The maximum Gasteiger partial charge on any atom is 0.292 e. The van der Waals surface area contributed by atoms with E-state index in [1.54, 1.807) is 23.9 Å². The number of nitrogens with zero attached hydrogens (tertiary/aromatic N) is 2. The third-order valence-electron chi connectivity index (χ3n) is 3.17. The standard InChI is InChI=1S/C13H19ClN2O2S/c1-10(6-7-19-3)15(2)12-5-4-11(9-14)8-13(12)16(17)18/h4-5,8,10H,6-7,9H2,1-3H3. The molecular formula is C13H19ClN2O2S. The predicted octanol–water partition coefficient (Wildman–Crippen LogP) is 3.91. The van der Waals surface area contributed by atoms with Crippen molar-refractivity contribution in [3.63, 3.8) is 0 Å². The third-order valence-corrected chi connectivity index (χ3v) is 4.12. The highest BCUT2D eigenvalue weighted by Crippen LogP contribution is 2.30. The van der Waals surface area contributed by atoms with Crippen LogP contribution in [0.1, 0.15) is 18.9 Å². The van der Waals surface area contributed by atoms with Gasteiger partial charge in [-0.25, -0.2) is 0 Å². The van der Waals surface area contributed by atoms with E-state index in [0.29, 0.717) is 5.69 Å². The van der Waals surface area contributed by atoms with Gasteiger partial charge in [0.1, 0.15) is 5.69 Å². The minimum absolute atomic E-state index is 0.122. The Kier molecular flexibility index (Phi) is 6.45. The summed E-state index contributed by atoms with van der Waals surface area (Å²) < 4.78 is 0. The largest absolute Gasteiger partial charge is 0.366 e. The Morgan fingerprint density at radius 2 is 2.21 bits per heavy atom. The van der Waals surface area contributed by atoms with Crippen molar-refractivity contribution >= 4 is 34.7 Å². The molecule has 0 amide bonds. The van der Waals surface area contributed by atoms with Crippen LogP contribution in [0.2, 0.25) is 0 Å². The molecule has 0 spiro atoms. The average molecular weight is 303 g/mol. The molecule has 4 nitrogen and oxygen atoms in total. The zero-order chi connectivity index (χ0) is 14.4. The molecule has 1 aromatic carbocycles. The van der Waals surface area contributed by atoms with Crippen LogP contribution in [-0.4, -0.2) is 30.0 Å². The Morgan fingerprint density at radius 1 is 1.53 bits per heavy atom. The van der Waals surface area contributed by atoms with Crippen molar-refractivity contribution in [3.05, 3.63) is 33.9 Å². The van der Waals surface area contributed by atoms with Gasteiger partial charge in [0, 0.05) is 25.0 Å². The van der Waals surface area contributed by atoms with Crippen molar-refractivity contribution in [3.8, 4) is 0 Å². The zero-order valence-corrected chi connectivity index (χ0v) is 13.0. The maximum absolute atomic E-state index is 11.2. The number of rotatable bonds is 7. The number of halogens is 1. The van der Waals surface area contributed by atoms with Crippen LogP contribution < -0.4 is 4.90 Å². The first-order chi connectivity index (χ1) is 9.01. The maximum atomic E-state index is 11.2. The number of anilines is 1. The lowest BCUT2D eigenvalue weighted by molar-refractivity contribution is -0.384. The summed E-state index contributed by atoms with van der Waals surface area (Å²) in [4.78, 5) is 12.8. The van der Waals surface area contributed by atoms with Gasteiger partial charge in [-0.3, -0.25) is 10.1 Å². The Hall–Kier alpha value is -0.940. The van der Waals surface area contributed by atoms with E-state index in [9.17, 15) is 10.1 Å². The van der Waals surface area contributed by atoms with Gasteiger partial charge in [-0.1, -0.05) is 6.07 Å². The van der Waals surface area contributed by atoms with Gasteiger partial charge in [0.2, 0.25) is 0 Å². The van der Waals surface area contributed by atoms with Gasteiger partial charge in [-0.15, -0.1) is 11.6 Å². The van der Waals surface area contributed by atoms with Gasteiger partial charge in [0.25, 0.3) is 5.69 Å². The smallest absolute Gasteiger partial charge is 0.292 e. The molecule has 0 radical (unpaired) electrons. The SMILES string of the molecule is CSCCC(C)N(C)c1ccc(CCl)cc1[N+](=O)[O-]. The van der Waals surface area contributed by atoms with Crippen LogP contribution in [0.5, 0.6) is 0 Å². The second-order valence-corrected chi connectivity index (χ2v) is 5.71. The summed E-state index contributed by atoms with van der Waals surface area (Å²) in [6.45, 7) is 2.08. The van der Waals surface area contributed by atoms with Gasteiger partial charge in [0.05, 0.1) is 4.92 Å². The van der Waals surface area contributed by atoms with Gasteiger partial charge >= 0.3 is 0 Å². The molecule has 106 valence electrons. The molecule has 0 saturated carbocycles. The highest BCUT2D eigenvalue weighted by atomic mass is 35.5. The summed E-state index contributed by atoms with van der Waals surface area (Å²) in [6, 6.07) is 5.44. The van der Waals surface area contributed by atoms with E-state index in [1.165, 1.54) is 0 Å². The molecule has 0 aliphatic rings. The summed E-state index contributed by atoms with van der Waals surface area (Å²) in [5, 5.41) is 11.2. The zero-order valence-electron chi connectivity index (χ0n) is 11.4. The first-order valence-electron chi connectivity index (χ1n) is 6.06. The molecule has 1 aromatic rings. The summed E-state index contributed by atoms with van der Waals surface area (Å²) >= 11 is 7.51. The monoisotopic (exact) mass is 302 g/mol. The van der Waals surface area contributed by atoms with Crippen LogP contribution in [0, 0.1) is 10.1 Å². The van der Waals surface area contributed by atoms with E-state index >= 15 is 0 Å². The Morgan fingerprint density at radius 3 is 2.74 bits per heavy atom. The molecule has 6 heteroatoms. The van der Waals surface area contributed by atoms with Gasteiger partial charge in [-0.05, 0) is 37.0 Å². The van der Waals surface area contributed by atoms with Crippen molar-refractivity contribution in [2.45, 2.75) is 25.3 Å². The minimum atomic E-state index is -0.344. The van der Waals surface area contributed by atoms with E-state index in [0.717, 1.165) is 17.7 Å². The van der Waals surface area contributed by atoms with Crippen LogP contribution in [0.4, 0.5) is 11.4 Å². The molecule has 1 atom stereocenters. The molecule has 1 unspecified atom stereocenters. The number of benzene rings is 1. The molecule has 0 heterocycles. The number of nitro benzene ring substituents is 1. The number of alkyl halides is 1. The van der Waals surface area contributed by atoms with Crippen LogP contribution in [0.25, 0.3) is 0 Å². The van der Waals surface area contributed by atoms with Crippen LogP contribution >= 0.6 is 23.4 Å². The van der Waals surface area contributed by atoms with E-state index in [-0.39, 0.29) is 22.5 Å². The van der Waals surface area contributed by atoms with Crippen molar-refractivity contribution in [2.24, 2.45) is 0 Å². The fourth-order valence-electron chi connectivity index (χ4n) is 1.82. The molecule has 0 aliphatic heterocycles. The van der Waals surface area contributed by atoms with Gasteiger partial charge in [-0.2, -0.15) is 11.8 Å². The fourth-order valence-corrected chi connectivity index (χ4v) is 2.56. The Labute approximate surface area is 123 Å². The Balaban J connectivity index is 3.01. The van der Waals surface area contributed by atoms with Crippen molar-refractivity contribution in [1.29, 1.82) is 0 Å². The molecule has 0 N–H and O–H groups in total. The van der Waals surface area contributed by atoms with Gasteiger partial charge in [0.15, 0.2) is 0 Å². The number of hydrogen-bond acceptors (Lipinski definition) is 4. The van der Waals surface area contributed by atoms with Crippen molar-refractivity contribution < 1.29 is 4.92 Å². The summed E-state index contributed by atoms with van der Waals surface area (Å²) in [5.74, 6) is 1.33. The lowest BCUT2D eigenvalue weighted by atomic mass is 10.1. The predicted molar refractivity (Wildman–Crippen MR) is 83.5 cm³/mol. The quantitative estimate of drug-likeness (QED) is 0.435. The number of hydrogen-bond donors (Lipinski definition) is 0. The lowest BCUT2D eigenvalue weighted by Gasteiger charge is -2.26. The highest BCUT2D eigenvalue weighted by Gasteiger charge is 2.20. The molecular weight excluding hydrogens is 284 g/mol. The van der Waals surface area contributed by atoms with E-state index in [4.69, 9.17) is 11.6 Å². The molecule has 0 bridgehead atoms. The van der Waals surface area contributed by atoms with E-state index in [1.807, 2.05) is 18.0 Å². The van der Waals surface area contributed by atoms with E-state index < -0.39 is 0 Å².